The van der Waals surface area contributed by atoms with Crippen LogP contribution in [0.5, 0.6) is 0 Å². The van der Waals surface area contributed by atoms with Crippen molar-refractivity contribution < 1.29 is 9.90 Å². The molecule has 0 spiro atoms. The number of amides is 1. The highest BCUT2D eigenvalue weighted by molar-refractivity contribution is 9.10. The molecule has 0 unspecified atom stereocenters. The molecule has 0 aromatic carbocycles. The molecule has 0 radical (unpaired) electrons. The zero-order chi connectivity index (χ0) is 10.4. The van der Waals surface area contributed by atoms with Crippen molar-refractivity contribution in [3.63, 3.8) is 0 Å². The van der Waals surface area contributed by atoms with Crippen LogP contribution in [0.1, 0.15) is 5.69 Å². The SMILES string of the molecule is O=C(O)NCC#Cc1ccc(Br)cn1. The van der Waals surface area contributed by atoms with Crippen molar-refractivity contribution in [3.8, 4) is 11.8 Å². The fourth-order valence-corrected chi connectivity index (χ4v) is 0.939. The van der Waals surface area contributed by atoms with Crippen molar-refractivity contribution in [2.45, 2.75) is 0 Å². The average Bonchev–Trinajstić information content (AvgIpc) is 2.15. The summed E-state index contributed by atoms with van der Waals surface area (Å²) >= 11 is 3.25. The van der Waals surface area contributed by atoms with E-state index in [1.807, 2.05) is 6.07 Å². The molecule has 1 aromatic heterocycles. The standard InChI is InChI=1S/C9H7BrN2O2/c10-7-3-4-8(12-6-7)2-1-5-11-9(13)14/h3-4,6,11H,5H2,(H,13,14). The Balaban J connectivity index is 2.51. The van der Waals surface area contributed by atoms with Gasteiger partial charge in [0.1, 0.15) is 5.69 Å². The molecule has 0 bridgehead atoms. The van der Waals surface area contributed by atoms with Gasteiger partial charge in [0.15, 0.2) is 0 Å². The van der Waals surface area contributed by atoms with Crippen LogP contribution in [0.2, 0.25) is 0 Å². The van der Waals surface area contributed by atoms with E-state index in [2.05, 4.69) is 38.1 Å². The highest BCUT2D eigenvalue weighted by Crippen LogP contribution is 2.06. The van der Waals surface area contributed by atoms with Crippen LogP contribution < -0.4 is 5.32 Å². The summed E-state index contributed by atoms with van der Waals surface area (Å²) in [4.78, 5) is 14.1. The van der Waals surface area contributed by atoms with Gasteiger partial charge >= 0.3 is 6.09 Å². The number of pyridine rings is 1. The molecule has 1 aromatic rings. The number of aromatic nitrogens is 1. The third-order valence-corrected chi connectivity index (χ3v) is 1.74. The predicted octanol–water partition coefficient (Wildman–Crippen LogP) is 1.46. The highest BCUT2D eigenvalue weighted by Gasteiger charge is 1.89. The number of rotatable bonds is 1. The van der Waals surface area contributed by atoms with Crippen LogP contribution in [0.3, 0.4) is 0 Å². The van der Waals surface area contributed by atoms with Gasteiger partial charge in [-0.3, -0.25) is 0 Å². The minimum absolute atomic E-state index is 0.104. The second-order valence-electron chi connectivity index (χ2n) is 2.32. The lowest BCUT2D eigenvalue weighted by Crippen LogP contribution is -2.20. The van der Waals surface area contributed by atoms with Crippen LogP contribution in [0.25, 0.3) is 0 Å². The lowest BCUT2D eigenvalue weighted by molar-refractivity contribution is 0.196. The largest absolute Gasteiger partial charge is 0.465 e. The summed E-state index contributed by atoms with van der Waals surface area (Å²) in [5.41, 5.74) is 0.611. The van der Waals surface area contributed by atoms with Crippen LogP contribution in [0, 0.1) is 11.8 Å². The lowest BCUT2D eigenvalue weighted by Gasteiger charge is -1.91. The topological polar surface area (TPSA) is 62.2 Å². The fourth-order valence-electron chi connectivity index (χ4n) is 0.704. The number of hydrogen-bond donors (Lipinski definition) is 2. The molecule has 1 amide bonds. The van der Waals surface area contributed by atoms with E-state index in [1.54, 1.807) is 12.3 Å². The van der Waals surface area contributed by atoms with Gasteiger partial charge in [0.2, 0.25) is 0 Å². The molecule has 0 saturated carbocycles. The van der Waals surface area contributed by atoms with Gasteiger partial charge in [-0.25, -0.2) is 9.78 Å². The molecule has 5 heteroatoms. The van der Waals surface area contributed by atoms with Crippen LogP contribution in [-0.2, 0) is 0 Å². The first-order valence-electron chi connectivity index (χ1n) is 3.75. The molecule has 0 saturated heterocycles. The second-order valence-corrected chi connectivity index (χ2v) is 3.24. The number of nitrogens with one attached hydrogen (secondary N) is 1. The molecule has 4 nitrogen and oxygen atoms in total. The number of nitrogens with zero attached hydrogens (tertiary/aromatic N) is 1. The van der Waals surface area contributed by atoms with Crippen molar-refractivity contribution in [1.82, 2.24) is 10.3 Å². The molecule has 0 aliphatic carbocycles. The smallest absolute Gasteiger partial charge is 0.405 e. The first-order valence-corrected chi connectivity index (χ1v) is 4.55. The van der Waals surface area contributed by atoms with Crippen LogP contribution in [0.15, 0.2) is 22.8 Å². The summed E-state index contributed by atoms with van der Waals surface area (Å²) in [5.74, 6) is 5.35. The van der Waals surface area contributed by atoms with E-state index in [0.717, 1.165) is 4.47 Å². The summed E-state index contributed by atoms with van der Waals surface area (Å²) in [5, 5.41) is 10.4. The molecular formula is C9H7BrN2O2. The number of carboxylic acid groups (broad SMARTS) is 1. The van der Waals surface area contributed by atoms with E-state index in [4.69, 9.17) is 5.11 Å². The maximum absolute atomic E-state index is 10.1. The lowest BCUT2D eigenvalue weighted by atomic mass is 10.3. The Kier molecular flexibility index (Phi) is 3.95. The quantitative estimate of drug-likeness (QED) is 0.747. The van der Waals surface area contributed by atoms with E-state index >= 15 is 0 Å². The Morgan fingerprint density at radius 2 is 2.43 bits per heavy atom. The van der Waals surface area contributed by atoms with Crippen molar-refractivity contribution in [1.29, 1.82) is 0 Å². The molecule has 1 heterocycles. The molecule has 0 atom stereocenters. The Bertz CT molecular complexity index is 378. The zero-order valence-electron chi connectivity index (χ0n) is 7.12. The molecular weight excluding hydrogens is 248 g/mol. The van der Waals surface area contributed by atoms with Gasteiger partial charge in [0.25, 0.3) is 0 Å². The molecule has 14 heavy (non-hydrogen) atoms. The molecule has 1 rings (SSSR count). The monoisotopic (exact) mass is 254 g/mol. The van der Waals surface area contributed by atoms with Crippen LogP contribution in [-0.4, -0.2) is 22.7 Å². The predicted molar refractivity (Wildman–Crippen MR) is 54.8 cm³/mol. The minimum Gasteiger partial charge on any atom is -0.465 e. The fraction of sp³-hybridized carbons (Fsp3) is 0.111. The van der Waals surface area contributed by atoms with E-state index in [1.165, 1.54) is 0 Å². The second kappa shape index (κ2) is 5.25. The maximum Gasteiger partial charge on any atom is 0.405 e. The summed E-state index contributed by atoms with van der Waals surface area (Å²) < 4.78 is 0.881. The van der Waals surface area contributed by atoms with Gasteiger partial charge in [0.05, 0.1) is 6.54 Å². The van der Waals surface area contributed by atoms with Crippen molar-refractivity contribution in [2.24, 2.45) is 0 Å². The summed E-state index contributed by atoms with van der Waals surface area (Å²) in [6, 6.07) is 3.57. The van der Waals surface area contributed by atoms with Gasteiger partial charge in [-0.1, -0.05) is 5.92 Å². The normalized spacial score (nSPS) is 8.64. The number of hydrogen-bond acceptors (Lipinski definition) is 2. The minimum atomic E-state index is -1.08. The summed E-state index contributed by atoms with van der Waals surface area (Å²) in [6.45, 7) is 0.104. The van der Waals surface area contributed by atoms with E-state index in [9.17, 15) is 4.79 Å². The van der Waals surface area contributed by atoms with Gasteiger partial charge in [-0.2, -0.15) is 0 Å². The van der Waals surface area contributed by atoms with E-state index < -0.39 is 6.09 Å². The van der Waals surface area contributed by atoms with Gasteiger partial charge < -0.3 is 10.4 Å². The average molecular weight is 255 g/mol. The zero-order valence-corrected chi connectivity index (χ0v) is 8.71. The van der Waals surface area contributed by atoms with Crippen LogP contribution >= 0.6 is 15.9 Å². The summed E-state index contributed by atoms with van der Waals surface area (Å²) in [7, 11) is 0. The van der Waals surface area contributed by atoms with Crippen LogP contribution in [0.4, 0.5) is 4.79 Å². The molecule has 0 aliphatic heterocycles. The Morgan fingerprint density at radius 1 is 1.64 bits per heavy atom. The van der Waals surface area contributed by atoms with E-state index in [0.29, 0.717) is 5.69 Å². The number of halogens is 1. The maximum atomic E-state index is 10.1. The van der Waals surface area contributed by atoms with Crippen molar-refractivity contribution in [2.75, 3.05) is 6.54 Å². The highest BCUT2D eigenvalue weighted by atomic mass is 79.9. The molecule has 0 aliphatic rings. The molecule has 72 valence electrons. The number of carbonyl (C=O) groups is 1. The Morgan fingerprint density at radius 3 is 3.00 bits per heavy atom. The van der Waals surface area contributed by atoms with Crippen molar-refractivity contribution in [3.05, 3.63) is 28.5 Å². The first kappa shape index (κ1) is 10.5. The first-order chi connectivity index (χ1) is 6.68. The van der Waals surface area contributed by atoms with Gasteiger partial charge in [0, 0.05) is 10.7 Å². The molecule has 2 N–H and O–H groups in total. The van der Waals surface area contributed by atoms with E-state index in [-0.39, 0.29) is 6.54 Å². The summed E-state index contributed by atoms with van der Waals surface area (Å²) in [6.07, 6.45) is 0.553. The van der Waals surface area contributed by atoms with Gasteiger partial charge in [-0.15, -0.1) is 0 Å². The van der Waals surface area contributed by atoms with Gasteiger partial charge in [-0.05, 0) is 34.0 Å². The third kappa shape index (κ3) is 3.92. The third-order valence-electron chi connectivity index (χ3n) is 1.27. The Hall–Kier alpha value is -1.54. The molecule has 0 fully saturated rings. The Labute approximate surface area is 89.5 Å². The van der Waals surface area contributed by atoms with Crippen molar-refractivity contribution >= 4 is 22.0 Å².